The number of aromatic nitrogens is 6. The van der Waals surface area contributed by atoms with Crippen LogP contribution < -0.4 is 10.1 Å². The number of benzene rings is 2. The van der Waals surface area contributed by atoms with Crippen molar-refractivity contribution in [2.75, 3.05) is 26.2 Å². The van der Waals surface area contributed by atoms with Gasteiger partial charge in [-0.1, -0.05) is 18.2 Å². The van der Waals surface area contributed by atoms with Crippen LogP contribution in [-0.2, 0) is 13.0 Å². The first kappa shape index (κ1) is 37.7. The fraction of sp³-hybridized carbons (Fsp3) is 0.452. The Balaban J connectivity index is 0.903. The van der Waals surface area contributed by atoms with Gasteiger partial charge in [0.25, 0.3) is 0 Å². The first-order valence-corrected chi connectivity index (χ1v) is 20.2. The maximum atomic E-state index is 16.1. The van der Waals surface area contributed by atoms with Crippen molar-refractivity contribution in [3.63, 3.8) is 0 Å². The number of hydrogen-bond acceptors (Lipinski definition) is 6. The Morgan fingerprint density at radius 3 is 2.62 bits per heavy atom. The highest BCUT2D eigenvalue weighted by Gasteiger charge is 2.41. The fourth-order valence-corrected chi connectivity index (χ4v) is 9.05. The number of alkyl halides is 1. The van der Waals surface area contributed by atoms with E-state index in [1.165, 1.54) is 26.0 Å². The number of nitrogens with zero attached hydrogens (tertiary/aromatic N) is 6. The Morgan fingerprint density at radius 1 is 1.05 bits per heavy atom. The third kappa shape index (κ3) is 7.55. The van der Waals surface area contributed by atoms with Gasteiger partial charge >= 0.3 is 0 Å². The first-order chi connectivity index (χ1) is 26.5. The second kappa shape index (κ2) is 15.4. The summed E-state index contributed by atoms with van der Waals surface area (Å²) < 4.78 is 57.9. The molecule has 1 fully saturated rings. The number of fused-ring (bicyclic) bond motifs is 4. The van der Waals surface area contributed by atoms with E-state index >= 15 is 13.2 Å². The Labute approximate surface area is 327 Å². The predicted molar refractivity (Wildman–Crippen MR) is 212 cm³/mol. The number of aromatic amines is 1. The molecule has 0 radical (unpaired) electrons. The summed E-state index contributed by atoms with van der Waals surface area (Å²) >= 11 is 3.79. The number of hydrogen-bond donors (Lipinski definition) is 2. The van der Waals surface area contributed by atoms with Crippen molar-refractivity contribution in [1.29, 1.82) is 0 Å². The second-order valence-corrected chi connectivity index (χ2v) is 16.6. The molecule has 2 aliphatic heterocycles. The molecule has 2 N–H and O–H groups in total. The van der Waals surface area contributed by atoms with E-state index in [9.17, 15) is 0 Å². The highest BCUT2D eigenvalue weighted by molar-refractivity contribution is 9.10. The number of aryl methyl sites for hydroxylation is 2. The normalized spacial score (nSPS) is 19.4. The van der Waals surface area contributed by atoms with Crippen molar-refractivity contribution in [3.05, 3.63) is 99.3 Å². The maximum Gasteiger partial charge on any atom is 0.163 e. The van der Waals surface area contributed by atoms with Crippen molar-refractivity contribution >= 4 is 32.5 Å². The molecule has 55 heavy (non-hydrogen) atoms. The zero-order valence-corrected chi connectivity index (χ0v) is 33.4. The molecule has 9 nitrogen and oxygen atoms in total. The Kier molecular flexibility index (Phi) is 10.5. The maximum absolute atomic E-state index is 16.1. The van der Waals surface area contributed by atoms with Crippen molar-refractivity contribution in [1.82, 2.24) is 39.6 Å². The lowest BCUT2D eigenvalue weighted by molar-refractivity contribution is 0.0642. The number of halogens is 4. The van der Waals surface area contributed by atoms with Gasteiger partial charge < -0.3 is 15.0 Å². The zero-order valence-electron chi connectivity index (χ0n) is 31.8. The van der Waals surface area contributed by atoms with E-state index in [1.807, 2.05) is 63.9 Å². The summed E-state index contributed by atoms with van der Waals surface area (Å²) in [7, 11) is 0. The average Bonchev–Trinajstić information content (AvgIpc) is 3.89. The number of piperidine rings is 1. The van der Waals surface area contributed by atoms with Crippen LogP contribution in [-0.4, -0.2) is 72.2 Å². The SMILES string of the molecule is Cc1c(Br)c(C2CCCNC2)nc2c(-c3cnn(CCCCCOc4cc(F)c([C@@H]5c6[nH]c7ccccc7c6C[C@@H](C)N5CC(C)(C)F)c(F)c4)c3)cnn12. The van der Waals surface area contributed by atoms with Crippen LogP contribution in [0.2, 0.25) is 0 Å². The number of rotatable bonds is 12. The van der Waals surface area contributed by atoms with E-state index in [-0.39, 0.29) is 23.9 Å². The molecule has 290 valence electrons. The van der Waals surface area contributed by atoms with Crippen LogP contribution in [0.1, 0.15) is 93.0 Å². The number of nitrogens with one attached hydrogen (secondary N) is 2. The molecular formula is C42H48BrF3N8O. The summed E-state index contributed by atoms with van der Waals surface area (Å²) in [4.78, 5) is 10.4. The molecule has 0 saturated carbocycles. The van der Waals surface area contributed by atoms with Crippen LogP contribution >= 0.6 is 15.9 Å². The minimum Gasteiger partial charge on any atom is -0.493 e. The van der Waals surface area contributed by atoms with Crippen LogP contribution in [0.15, 0.2) is 59.5 Å². The zero-order chi connectivity index (χ0) is 38.4. The number of H-pyrrole nitrogens is 1. The van der Waals surface area contributed by atoms with Gasteiger partial charge in [-0.3, -0.25) is 9.58 Å². The molecule has 6 heterocycles. The van der Waals surface area contributed by atoms with Crippen LogP contribution in [0.4, 0.5) is 13.2 Å². The van der Waals surface area contributed by atoms with Crippen LogP contribution in [0.25, 0.3) is 27.7 Å². The van der Waals surface area contributed by atoms with Gasteiger partial charge in [0.15, 0.2) is 5.65 Å². The van der Waals surface area contributed by atoms with Gasteiger partial charge in [0.2, 0.25) is 0 Å². The Hall–Kier alpha value is -4.20. The smallest absolute Gasteiger partial charge is 0.163 e. The highest BCUT2D eigenvalue weighted by Crippen LogP contribution is 2.44. The van der Waals surface area contributed by atoms with Crippen molar-refractivity contribution in [2.45, 2.75) is 96.4 Å². The van der Waals surface area contributed by atoms with E-state index < -0.39 is 23.3 Å². The second-order valence-electron chi connectivity index (χ2n) is 15.8. The molecule has 6 aromatic rings. The molecule has 3 atom stereocenters. The predicted octanol–water partition coefficient (Wildman–Crippen LogP) is 9.22. The standard InChI is InChI=1S/C42H48BrF3N8O/c1-25-17-31-30-12-6-7-13-35(30)50-39(31)40(53(25)24-42(3,4)46)36-33(44)18-29(19-34(36)45)55-16-9-5-8-15-52-23-28(21-48-52)32-22-49-54-26(2)37(43)38(51-41(32)54)27-11-10-14-47-20-27/h6-7,12-13,18-19,21-23,25,27,40,47,50H,5,8-11,14-17,20,24H2,1-4H3/t25-,27?,40-/m1/s1. The van der Waals surface area contributed by atoms with Crippen LogP contribution in [0.3, 0.4) is 0 Å². The molecular weight excluding hydrogens is 769 g/mol. The van der Waals surface area contributed by atoms with E-state index in [4.69, 9.17) is 9.72 Å². The molecule has 8 rings (SSSR count). The quantitative estimate of drug-likeness (QED) is 0.120. The third-order valence-corrected chi connectivity index (χ3v) is 12.1. The van der Waals surface area contributed by atoms with Gasteiger partial charge in [0.05, 0.1) is 40.9 Å². The summed E-state index contributed by atoms with van der Waals surface area (Å²) in [5.41, 5.74) is 5.80. The average molecular weight is 818 g/mol. The minimum atomic E-state index is -1.56. The van der Waals surface area contributed by atoms with E-state index in [1.54, 1.807) is 0 Å². The molecule has 0 aliphatic carbocycles. The molecule has 4 aromatic heterocycles. The Morgan fingerprint density at radius 2 is 1.85 bits per heavy atom. The summed E-state index contributed by atoms with van der Waals surface area (Å²) in [6.07, 6.45) is 11.0. The fourth-order valence-electron chi connectivity index (χ4n) is 8.47. The van der Waals surface area contributed by atoms with Gasteiger partial charge in [-0.2, -0.15) is 10.2 Å². The van der Waals surface area contributed by atoms with Gasteiger partial charge in [0, 0.05) is 83.2 Å². The largest absolute Gasteiger partial charge is 0.493 e. The molecule has 0 spiro atoms. The lowest BCUT2D eigenvalue weighted by Crippen LogP contribution is -2.48. The summed E-state index contributed by atoms with van der Waals surface area (Å²) in [5.74, 6) is -0.922. The molecule has 13 heteroatoms. The summed E-state index contributed by atoms with van der Waals surface area (Å²) in [5, 5.41) is 13.8. The van der Waals surface area contributed by atoms with E-state index in [0.29, 0.717) is 31.1 Å². The molecule has 0 amide bonds. The van der Waals surface area contributed by atoms with Crippen molar-refractivity contribution in [3.8, 4) is 16.9 Å². The molecule has 1 unspecified atom stereocenters. The van der Waals surface area contributed by atoms with Crippen molar-refractivity contribution in [2.24, 2.45) is 0 Å². The van der Waals surface area contributed by atoms with Crippen LogP contribution in [0, 0.1) is 18.6 Å². The molecule has 0 bridgehead atoms. The van der Waals surface area contributed by atoms with Gasteiger partial charge in [0.1, 0.15) is 23.1 Å². The lowest BCUT2D eigenvalue weighted by Gasteiger charge is -2.43. The van der Waals surface area contributed by atoms with E-state index in [0.717, 1.165) is 94.4 Å². The van der Waals surface area contributed by atoms with E-state index in [2.05, 4.69) is 43.4 Å². The minimum absolute atomic E-state index is 0.0275. The topological polar surface area (TPSA) is 88.3 Å². The van der Waals surface area contributed by atoms with Crippen molar-refractivity contribution < 1.29 is 17.9 Å². The first-order valence-electron chi connectivity index (χ1n) is 19.4. The molecule has 2 aliphatic rings. The Bertz CT molecular complexity index is 2300. The lowest BCUT2D eigenvalue weighted by atomic mass is 9.87. The van der Waals surface area contributed by atoms with Gasteiger partial charge in [-0.05, 0) is 100 Å². The summed E-state index contributed by atoms with van der Waals surface area (Å²) in [6, 6.07) is 9.43. The monoisotopic (exact) mass is 816 g/mol. The number of unbranched alkanes of at least 4 members (excludes halogenated alkanes) is 2. The number of ether oxygens (including phenoxy) is 1. The molecule has 2 aromatic carbocycles. The summed E-state index contributed by atoms with van der Waals surface area (Å²) in [6.45, 7) is 10.1. The molecule has 1 saturated heterocycles. The van der Waals surface area contributed by atoms with Gasteiger partial charge in [-0.25, -0.2) is 22.7 Å². The van der Waals surface area contributed by atoms with Gasteiger partial charge in [-0.15, -0.1) is 0 Å². The third-order valence-electron chi connectivity index (χ3n) is 11.2. The van der Waals surface area contributed by atoms with Crippen LogP contribution in [0.5, 0.6) is 5.75 Å². The number of para-hydroxylation sites is 1. The highest BCUT2D eigenvalue weighted by atomic mass is 79.9.